The van der Waals surface area contributed by atoms with Gasteiger partial charge in [0.15, 0.2) is 5.03 Å². The number of rotatable bonds is 6. The molecule has 7 nitrogen and oxygen atoms in total. The van der Waals surface area contributed by atoms with Gasteiger partial charge < -0.3 is 4.74 Å². The molecule has 160 valence electrons. The molecule has 0 aliphatic rings. The predicted molar refractivity (Wildman–Crippen MR) is 118 cm³/mol. The third-order valence-electron chi connectivity index (χ3n) is 4.29. The summed E-state index contributed by atoms with van der Waals surface area (Å²) in [6.07, 6.45) is 1.80. The van der Waals surface area contributed by atoms with E-state index in [4.69, 9.17) is 27.9 Å². The summed E-state index contributed by atoms with van der Waals surface area (Å²) in [5.41, 5.74) is 1.01. The van der Waals surface area contributed by atoms with E-state index in [1.165, 1.54) is 30.0 Å². The van der Waals surface area contributed by atoms with Crippen LogP contribution < -0.4 is 4.74 Å². The Balaban J connectivity index is 2.29. The summed E-state index contributed by atoms with van der Waals surface area (Å²) in [5, 5.41) is 4.86. The van der Waals surface area contributed by atoms with E-state index in [1.54, 1.807) is 13.1 Å². The Morgan fingerprint density at radius 2 is 1.83 bits per heavy atom. The molecular formula is C19H19BrCl2N4O3S. The highest BCUT2D eigenvalue weighted by atomic mass is 79.9. The first kappa shape index (κ1) is 23.0. The van der Waals surface area contributed by atoms with Crippen molar-refractivity contribution in [2.45, 2.75) is 43.2 Å². The van der Waals surface area contributed by atoms with Gasteiger partial charge in [-0.25, -0.2) is 23.1 Å². The molecule has 0 saturated heterocycles. The van der Waals surface area contributed by atoms with Gasteiger partial charge >= 0.3 is 0 Å². The van der Waals surface area contributed by atoms with Crippen LogP contribution in [0, 0.1) is 6.92 Å². The summed E-state index contributed by atoms with van der Waals surface area (Å²) < 4.78 is 34.9. The van der Waals surface area contributed by atoms with E-state index in [0.29, 0.717) is 21.6 Å². The summed E-state index contributed by atoms with van der Waals surface area (Å²) in [4.78, 5) is 8.55. The Kier molecular flexibility index (Phi) is 6.76. The summed E-state index contributed by atoms with van der Waals surface area (Å²) in [6.45, 7) is 5.44. The van der Waals surface area contributed by atoms with Gasteiger partial charge in [0.2, 0.25) is 15.7 Å². The van der Waals surface area contributed by atoms with Crippen LogP contribution in [0.4, 0.5) is 0 Å². The van der Waals surface area contributed by atoms with Crippen molar-refractivity contribution in [2.24, 2.45) is 0 Å². The van der Waals surface area contributed by atoms with Crippen LogP contribution in [0.1, 0.15) is 37.0 Å². The zero-order chi connectivity index (χ0) is 22.2. The first-order valence-corrected chi connectivity index (χ1v) is 11.9. The highest BCUT2D eigenvalue weighted by Crippen LogP contribution is 2.36. The Hall–Kier alpha value is -1.68. The number of hydrogen-bond acceptors (Lipinski definition) is 6. The largest absolute Gasteiger partial charge is 0.480 e. The van der Waals surface area contributed by atoms with Crippen molar-refractivity contribution in [3.05, 3.63) is 56.0 Å². The van der Waals surface area contributed by atoms with Gasteiger partial charge in [0.1, 0.15) is 5.82 Å². The average molecular weight is 534 g/mol. The second kappa shape index (κ2) is 8.82. The smallest absolute Gasteiger partial charge is 0.237 e. The van der Waals surface area contributed by atoms with Gasteiger partial charge in [0.25, 0.3) is 0 Å². The number of benzene rings is 1. The second-order valence-electron chi connectivity index (χ2n) is 6.83. The van der Waals surface area contributed by atoms with Crippen molar-refractivity contribution in [3.63, 3.8) is 0 Å². The molecular weight excluding hydrogens is 515 g/mol. The molecule has 0 radical (unpaired) electrons. The molecule has 11 heteroatoms. The Labute approximate surface area is 193 Å². The summed E-state index contributed by atoms with van der Waals surface area (Å²) in [7, 11) is -2.58. The molecule has 0 aliphatic carbocycles. The normalized spacial score (nSPS) is 11.9. The number of methoxy groups -OCH3 is 1. The zero-order valence-corrected chi connectivity index (χ0v) is 20.6. The van der Waals surface area contributed by atoms with Gasteiger partial charge in [-0.05, 0) is 54.9 Å². The maximum atomic E-state index is 13.7. The molecule has 2 aromatic heterocycles. The third-order valence-corrected chi connectivity index (χ3v) is 7.19. The van der Waals surface area contributed by atoms with Crippen molar-refractivity contribution < 1.29 is 13.2 Å². The Morgan fingerprint density at radius 1 is 1.20 bits per heavy atom. The molecule has 30 heavy (non-hydrogen) atoms. The van der Waals surface area contributed by atoms with Crippen LogP contribution in [0.25, 0.3) is 0 Å². The summed E-state index contributed by atoms with van der Waals surface area (Å²) in [5.74, 6) is 0.771. The van der Waals surface area contributed by atoms with Gasteiger partial charge in [-0.2, -0.15) is 0 Å². The highest BCUT2D eigenvalue weighted by Gasteiger charge is 2.32. The molecule has 3 rings (SSSR count). The van der Waals surface area contributed by atoms with E-state index in [9.17, 15) is 8.42 Å². The number of nitrogens with zero attached hydrogens (tertiary/aromatic N) is 4. The van der Waals surface area contributed by atoms with E-state index < -0.39 is 9.84 Å². The first-order valence-electron chi connectivity index (χ1n) is 8.89. The summed E-state index contributed by atoms with van der Waals surface area (Å²) >= 11 is 15.6. The SMILES string of the molecule is COc1nn(C(C)C)c(S(=O)(=O)c2cc(Cl)cc(Cl)c2)c1Cc1nc(C)ncc1Br. The lowest BCUT2D eigenvalue weighted by Gasteiger charge is -2.14. The first-order chi connectivity index (χ1) is 14.0. The third kappa shape index (κ3) is 4.49. The lowest BCUT2D eigenvalue weighted by atomic mass is 10.2. The maximum absolute atomic E-state index is 13.7. The number of sulfone groups is 1. The number of aromatic nitrogens is 4. The fourth-order valence-electron chi connectivity index (χ4n) is 2.97. The lowest BCUT2D eigenvalue weighted by molar-refractivity contribution is 0.378. The lowest BCUT2D eigenvalue weighted by Crippen LogP contribution is -2.15. The monoisotopic (exact) mass is 532 g/mol. The van der Waals surface area contributed by atoms with Gasteiger partial charge in [-0.3, -0.25) is 0 Å². The van der Waals surface area contributed by atoms with Crippen molar-refractivity contribution in [1.29, 1.82) is 0 Å². The van der Waals surface area contributed by atoms with Crippen molar-refractivity contribution in [2.75, 3.05) is 7.11 Å². The molecule has 0 saturated carbocycles. The zero-order valence-electron chi connectivity index (χ0n) is 16.6. The van der Waals surface area contributed by atoms with E-state index in [-0.39, 0.29) is 38.3 Å². The minimum atomic E-state index is -4.03. The van der Waals surface area contributed by atoms with Crippen LogP contribution in [0.5, 0.6) is 5.88 Å². The fraction of sp³-hybridized carbons (Fsp3) is 0.316. The van der Waals surface area contributed by atoms with Gasteiger partial charge in [0, 0.05) is 28.7 Å². The van der Waals surface area contributed by atoms with E-state index in [1.807, 2.05) is 13.8 Å². The van der Waals surface area contributed by atoms with Crippen LogP contribution >= 0.6 is 39.1 Å². The number of ether oxygens (including phenoxy) is 1. The topological polar surface area (TPSA) is 87.0 Å². The van der Waals surface area contributed by atoms with Crippen LogP contribution in [-0.4, -0.2) is 35.3 Å². The minimum Gasteiger partial charge on any atom is -0.480 e. The van der Waals surface area contributed by atoms with E-state index >= 15 is 0 Å². The van der Waals surface area contributed by atoms with Crippen LogP contribution in [-0.2, 0) is 16.3 Å². The van der Waals surface area contributed by atoms with E-state index in [2.05, 4.69) is 31.0 Å². The van der Waals surface area contributed by atoms with Crippen LogP contribution in [0.15, 0.2) is 38.8 Å². The molecule has 0 N–H and O–H groups in total. The van der Waals surface area contributed by atoms with Gasteiger partial charge in [-0.15, -0.1) is 5.10 Å². The molecule has 0 amide bonds. The summed E-state index contributed by atoms with van der Waals surface area (Å²) in [6, 6.07) is 3.95. The predicted octanol–water partition coefficient (Wildman–Crippen LogP) is 5.06. The second-order valence-corrected chi connectivity index (χ2v) is 10.4. The molecule has 0 aliphatic heterocycles. The molecule has 0 fully saturated rings. The standard InChI is InChI=1S/C19H19BrCl2N4O3S/c1-10(2)26-19(30(27,28)14-6-12(21)5-13(22)7-14)15(18(25-26)29-4)8-17-16(20)9-23-11(3)24-17/h5-7,9-10H,8H2,1-4H3. The van der Waals surface area contributed by atoms with Crippen molar-refractivity contribution in [3.8, 4) is 5.88 Å². The molecule has 0 spiro atoms. The quantitative estimate of drug-likeness (QED) is 0.440. The molecule has 2 heterocycles. The molecule has 1 aromatic carbocycles. The van der Waals surface area contributed by atoms with Gasteiger partial charge in [-0.1, -0.05) is 23.2 Å². The highest BCUT2D eigenvalue weighted by molar-refractivity contribution is 9.10. The Morgan fingerprint density at radius 3 is 2.40 bits per heavy atom. The molecule has 3 aromatic rings. The molecule has 0 atom stereocenters. The number of aryl methyl sites for hydroxylation is 1. The van der Waals surface area contributed by atoms with E-state index in [0.717, 1.165) is 0 Å². The molecule has 0 bridgehead atoms. The van der Waals surface area contributed by atoms with Crippen molar-refractivity contribution >= 4 is 49.0 Å². The average Bonchev–Trinajstić information content (AvgIpc) is 3.03. The number of hydrogen-bond donors (Lipinski definition) is 0. The van der Waals surface area contributed by atoms with Crippen LogP contribution in [0.2, 0.25) is 10.0 Å². The number of halogens is 3. The Bertz CT molecular complexity index is 1190. The van der Waals surface area contributed by atoms with Crippen molar-refractivity contribution in [1.82, 2.24) is 19.7 Å². The molecule has 0 unspecified atom stereocenters. The maximum Gasteiger partial charge on any atom is 0.237 e. The minimum absolute atomic E-state index is 0.0100. The van der Waals surface area contributed by atoms with Crippen LogP contribution in [0.3, 0.4) is 0 Å². The van der Waals surface area contributed by atoms with Gasteiger partial charge in [0.05, 0.1) is 27.7 Å². The fourth-order valence-corrected chi connectivity index (χ4v) is 5.73.